The molecule has 2 heteroatoms. The lowest BCUT2D eigenvalue weighted by Crippen LogP contribution is -2.12. The lowest BCUT2D eigenvalue weighted by atomic mass is 9.83. The predicted molar refractivity (Wildman–Crippen MR) is 69.1 cm³/mol. The smallest absolute Gasteiger partial charge is 0.132 e. The second-order valence-corrected chi connectivity index (χ2v) is 5.06. The van der Waals surface area contributed by atoms with E-state index in [9.17, 15) is 4.79 Å². The van der Waals surface area contributed by atoms with Crippen LogP contribution in [0.15, 0.2) is 30.5 Å². The summed E-state index contributed by atoms with van der Waals surface area (Å²) in [7, 11) is 2.08. The fourth-order valence-electron chi connectivity index (χ4n) is 2.81. The molecule has 1 aliphatic carbocycles. The number of Topliss-reactive ketones (excluding diaryl/α,β-unsaturated/α-hetero) is 1. The predicted octanol–water partition coefficient (Wildman–Crippen LogP) is 3.41. The Labute approximate surface area is 101 Å². The number of hydrogen-bond donors (Lipinski definition) is 0. The van der Waals surface area contributed by atoms with Crippen LogP contribution in [0.25, 0.3) is 10.9 Å². The Hall–Kier alpha value is -1.57. The SMILES string of the molecule is Cn1ccc2ccc(C3CCC(=O)CC3)cc21. The maximum absolute atomic E-state index is 11.3. The Bertz CT molecular complexity index is 557. The molecule has 0 unspecified atom stereocenters. The standard InChI is InChI=1S/C15H17NO/c1-16-9-8-12-2-3-13(10-15(12)16)11-4-6-14(17)7-5-11/h2-3,8-11H,4-7H2,1H3. The first-order valence-corrected chi connectivity index (χ1v) is 6.31. The highest BCUT2D eigenvalue weighted by molar-refractivity contribution is 5.81. The number of benzene rings is 1. The molecule has 1 heterocycles. The Kier molecular flexibility index (Phi) is 2.50. The Balaban J connectivity index is 1.94. The van der Waals surface area contributed by atoms with Crippen molar-refractivity contribution in [3.63, 3.8) is 0 Å². The number of ketones is 1. The maximum Gasteiger partial charge on any atom is 0.132 e. The molecule has 0 bridgehead atoms. The van der Waals surface area contributed by atoms with Crippen molar-refractivity contribution in [1.29, 1.82) is 0 Å². The van der Waals surface area contributed by atoms with Crippen LogP contribution < -0.4 is 0 Å². The number of aryl methyl sites for hydroxylation is 1. The van der Waals surface area contributed by atoms with Crippen molar-refractivity contribution in [3.8, 4) is 0 Å². The Morgan fingerprint density at radius 1 is 1.18 bits per heavy atom. The van der Waals surface area contributed by atoms with E-state index in [-0.39, 0.29) is 0 Å². The third-order valence-electron chi connectivity index (χ3n) is 3.93. The molecule has 0 amide bonds. The minimum Gasteiger partial charge on any atom is -0.351 e. The van der Waals surface area contributed by atoms with Crippen LogP contribution in [0.1, 0.15) is 37.2 Å². The highest BCUT2D eigenvalue weighted by Crippen LogP contribution is 2.32. The minimum absolute atomic E-state index is 0.432. The minimum atomic E-state index is 0.432. The third-order valence-corrected chi connectivity index (χ3v) is 3.93. The van der Waals surface area contributed by atoms with Crippen LogP contribution >= 0.6 is 0 Å². The zero-order valence-corrected chi connectivity index (χ0v) is 10.1. The summed E-state index contributed by atoms with van der Waals surface area (Å²) in [6.07, 6.45) is 5.66. The molecule has 2 nitrogen and oxygen atoms in total. The first-order chi connectivity index (χ1) is 8.24. The maximum atomic E-state index is 11.3. The van der Waals surface area contributed by atoms with Crippen molar-refractivity contribution in [2.45, 2.75) is 31.6 Å². The van der Waals surface area contributed by atoms with Gasteiger partial charge in [0.2, 0.25) is 0 Å². The molecule has 2 aromatic rings. The van der Waals surface area contributed by atoms with Gasteiger partial charge in [-0.25, -0.2) is 0 Å². The molecule has 0 saturated heterocycles. The normalized spacial score (nSPS) is 17.8. The van der Waals surface area contributed by atoms with Gasteiger partial charge in [0.25, 0.3) is 0 Å². The average Bonchev–Trinajstić information content (AvgIpc) is 2.72. The van der Waals surface area contributed by atoms with Crippen LogP contribution in [-0.4, -0.2) is 10.4 Å². The molecule has 1 fully saturated rings. The van der Waals surface area contributed by atoms with E-state index in [1.54, 1.807) is 0 Å². The van der Waals surface area contributed by atoms with Gasteiger partial charge in [-0.1, -0.05) is 12.1 Å². The van der Waals surface area contributed by atoms with Crippen molar-refractivity contribution in [2.75, 3.05) is 0 Å². The van der Waals surface area contributed by atoms with Gasteiger partial charge in [0, 0.05) is 31.6 Å². The number of nitrogens with zero attached hydrogens (tertiary/aromatic N) is 1. The number of hydrogen-bond acceptors (Lipinski definition) is 1. The molecule has 1 saturated carbocycles. The molecule has 0 atom stereocenters. The van der Waals surface area contributed by atoms with Gasteiger partial charge in [0.1, 0.15) is 5.78 Å². The first kappa shape index (κ1) is 10.6. The molecule has 1 aromatic heterocycles. The van der Waals surface area contributed by atoms with Gasteiger partial charge in [0.05, 0.1) is 0 Å². The van der Waals surface area contributed by atoms with Gasteiger partial charge < -0.3 is 4.57 Å². The van der Waals surface area contributed by atoms with Gasteiger partial charge in [0.15, 0.2) is 0 Å². The monoisotopic (exact) mass is 227 g/mol. The van der Waals surface area contributed by atoms with Gasteiger partial charge in [-0.2, -0.15) is 0 Å². The Morgan fingerprint density at radius 3 is 2.71 bits per heavy atom. The zero-order valence-electron chi connectivity index (χ0n) is 10.1. The number of carbonyl (C=O) groups excluding carboxylic acids is 1. The van der Waals surface area contributed by atoms with Crippen LogP contribution in [0.2, 0.25) is 0 Å². The Morgan fingerprint density at radius 2 is 1.94 bits per heavy atom. The van der Waals surface area contributed by atoms with E-state index >= 15 is 0 Å². The van der Waals surface area contributed by atoms with E-state index < -0.39 is 0 Å². The molecule has 0 N–H and O–H groups in total. The first-order valence-electron chi connectivity index (χ1n) is 6.31. The molecule has 88 valence electrons. The molecule has 1 aliphatic rings. The van der Waals surface area contributed by atoms with Crippen molar-refractivity contribution < 1.29 is 4.79 Å². The molecule has 0 spiro atoms. The van der Waals surface area contributed by atoms with E-state index in [1.165, 1.54) is 16.5 Å². The summed E-state index contributed by atoms with van der Waals surface area (Å²) >= 11 is 0. The van der Waals surface area contributed by atoms with Crippen molar-refractivity contribution in [1.82, 2.24) is 4.57 Å². The number of rotatable bonds is 1. The number of fused-ring (bicyclic) bond motifs is 1. The van der Waals surface area contributed by atoms with Gasteiger partial charge in [-0.15, -0.1) is 0 Å². The second-order valence-electron chi connectivity index (χ2n) is 5.06. The quantitative estimate of drug-likeness (QED) is 0.731. The van der Waals surface area contributed by atoms with Crippen LogP contribution in [0.5, 0.6) is 0 Å². The zero-order chi connectivity index (χ0) is 11.8. The van der Waals surface area contributed by atoms with E-state index in [1.807, 2.05) is 0 Å². The molecule has 0 aliphatic heterocycles. The van der Waals surface area contributed by atoms with Gasteiger partial charge >= 0.3 is 0 Å². The number of aromatic nitrogens is 1. The third kappa shape index (κ3) is 1.88. The summed E-state index contributed by atoms with van der Waals surface area (Å²) in [5.41, 5.74) is 2.69. The summed E-state index contributed by atoms with van der Waals surface area (Å²) in [6, 6.07) is 8.85. The molecular weight excluding hydrogens is 210 g/mol. The van der Waals surface area contributed by atoms with Gasteiger partial charge in [-0.3, -0.25) is 4.79 Å². The van der Waals surface area contributed by atoms with E-state index in [2.05, 4.69) is 42.1 Å². The van der Waals surface area contributed by atoms with Crippen LogP contribution in [-0.2, 0) is 11.8 Å². The molecule has 17 heavy (non-hydrogen) atoms. The van der Waals surface area contributed by atoms with Crippen molar-refractivity contribution in [3.05, 3.63) is 36.0 Å². The van der Waals surface area contributed by atoms with Crippen LogP contribution in [0, 0.1) is 0 Å². The second kappa shape index (κ2) is 4.02. The number of carbonyl (C=O) groups is 1. The van der Waals surface area contributed by atoms with Gasteiger partial charge in [-0.05, 0) is 41.8 Å². The summed E-state index contributed by atoms with van der Waals surface area (Å²) in [5, 5.41) is 1.29. The van der Waals surface area contributed by atoms with E-state index in [4.69, 9.17) is 0 Å². The summed E-state index contributed by atoms with van der Waals surface area (Å²) in [5.74, 6) is 1.01. The molecule has 0 radical (unpaired) electrons. The summed E-state index contributed by atoms with van der Waals surface area (Å²) in [6.45, 7) is 0. The molecule has 1 aromatic carbocycles. The fraction of sp³-hybridized carbons (Fsp3) is 0.400. The van der Waals surface area contributed by atoms with Crippen LogP contribution in [0.3, 0.4) is 0 Å². The van der Waals surface area contributed by atoms with Crippen molar-refractivity contribution >= 4 is 16.7 Å². The lowest BCUT2D eigenvalue weighted by molar-refractivity contribution is -0.120. The lowest BCUT2D eigenvalue weighted by Gasteiger charge is -2.21. The highest BCUT2D eigenvalue weighted by atomic mass is 16.1. The van der Waals surface area contributed by atoms with Crippen LogP contribution in [0.4, 0.5) is 0 Å². The highest BCUT2D eigenvalue weighted by Gasteiger charge is 2.20. The average molecular weight is 227 g/mol. The van der Waals surface area contributed by atoms with Crippen molar-refractivity contribution in [2.24, 2.45) is 7.05 Å². The molecule has 3 rings (SSSR count). The van der Waals surface area contributed by atoms with E-state index in [0.29, 0.717) is 11.7 Å². The largest absolute Gasteiger partial charge is 0.351 e. The topological polar surface area (TPSA) is 22.0 Å². The summed E-state index contributed by atoms with van der Waals surface area (Å²) < 4.78 is 2.16. The fourth-order valence-corrected chi connectivity index (χ4v) is 2.81. The molecular formula is C15H17NO. The van der Waals surface area contributed by atoms with E-state index in [0.717, 1.165) is 25.7 Å². The summed E-state index contributed by atoms with van der Waals surface area (Å²) in [4.78, 5) is 11.3.